The molecule has 0 amide bonds. The minimum Gasteiger partial charge on any atom is -0.475 e. The zero-order chi connectivity index (χ0) is 45.2. The topological polar surface area (TPSA) is 122 Å². The molecule has 1 aromatic rings. The number of hydrogen-bond donors (Lipinski definition) is 2. The van der Waals surface area contributed by atoms with Gasteiger partial charge in [-0.25, -0.2) is 4.98 Å². The maximum atomic E-state index is 13.6. The van der Waals surface area contributed by atoms with Gasteiger partial charge in [-0.15, -0.1) is 0 Å². The summed E-state index contributed by atoms with van der Waals surface area (Å²) in [5.41, 5.74) is 3.84. The Balaban J connectivity index is 1.01. The molecule has 0 spiro atoms. The monoisotopic (exact) mass is 862 g/mol. The van der Waals surface area contributed by atoms with Gasteiger partial charge in [-0.2, -0.15) is 5.26 Å². The average Bonchev–Trinajstić information content (AvgIpc) is 3.63. The van der Waals surface area contributed by atoms with Crippen molar-refractivity contribution in [1.29, 1.82) is 5.26 Å². The highest BCUT2D eigenvalue weighted by atomic mass is 16.5. The van der Waals surface area contributed by atoms with E-state index in [9.17, 15) is 20.0 Å². The first kappa shape index (κ1) is 46.3. The molecule has 5 saturated carbocycles. The lowest BCUT2D eigenvalue weighted by Crippen LogP contribution is -2.68. The van der Waals surface area contributed by atoms with Crippen molar-refractivity contribution in [3.63, 3.8) is 0 Å². The van der Waals surface area contributed by atoms with Gasteiger partial charge < -0.3 is 19.9 Å². The van der Waals surface area contributed by atoms with Gasteiger partial charge in [-0.1, -0.05) is 58.9 Å². The van der Waals surface area contributed by atoms with Crippen molar-refractivity contribution >= 4 is 11.8 Å². The van der Waals surface area contributed by atoms with E-state index in [1.54, 1.807) is 25.3 Å². The van der Waals surface area contributed by atoms with Crippen LogP contribution in [-0.4, -0.2) is 52.7 Å². The molecule has 8 nitrogen and oxygen atoms in total. The van der Waals surface area contributed by atoms with Gasteiger partial charge in [-0.05, 0) is 211 Å². The fraction of sp³-hybridized carbons (Fsp3) is 0.745. The van der Waals surface area contributed by atoms with Crippen molar-refractivity contribution in [2.75, 3.05) is 19.8 Å². The molecule has 10 atom stereocenters. The third-order valence-electron chi connectivity index (χ3n) is 20.2. The molecule has 1 heterocycles. The van der Waals surface area contributed by atoms with Crippen LogP contribution in [0.25, 0.3) is 0 Å². The number of rotatable bonds is 12. The Bertz CT molecular complexity index is 2060. The van der Waals surface area contributed by atoms with Gasteiger partial charge in [0.05, 0.1) is 12.2 Å². The lowest BCUT2D eigenvalue weighted by Gasteiger charge is -2.72. The summed E-state index contributed by atoms with van der Waals surface area (Å²) in [6.07, 6.45) is 23.4. The second-order valence-electron chi connectivity index (χ2n) is 23.4. The number of fused-ring (bicyclic) bond motifs is 7. The van der Waals surface area contributed by atoms with Crippen molar-refractivity contribution < 1.29 is 24.2 Å². The van der Waals surface area contributed by atoms with Crippen LogP contribution in [0.5, 0.6) is 5.88 Å². The number of aliphatic hydroxyl groups is 1. The quantitative estimate of drug-likeness (QED) is 0.157. The van der Waals surface area contributed by atoms with E-state index >= 15 is 0 Å². The Morgan fingerprint density at radius 1 is 0.921 bits per heavy atom. The first-order valence-electron chi connectivity index (χ1n) is 25.0. The first-order valence-corrected chi connectivity index (χ1v) is 25.0. The number of ketones is 1. The van der Waals surface area contributed by atoms with Crippen LogP contribution in [0.1, 0.15) is 170 Å². The predicted molar refractivity (Wildman–Crippen MR) is 248 cm³/mol. The molecular weight excluding hydrogens is 783 g/mol. The van der Waals surface area contributed by atoms with Gasteiger partial charge in [0, 0.05) is 17.7 Å². The fourth-order valence-corrected chi connectivity index (χ4v) is 16.6. The summed E-state index contributed by atoms with van der Waals surface area (Å²) in [4.78, 5) is 30.0. The molecule has 0 aromatic carbocycles. The van der Waals surface area contributed by atoms with E-state index < -0.39 is 11.0 Å². The van der Waals surface area contributed by atoms with Crippen LogP contribution in [0, 0.1) is 73.9 Å². The zero-order valence-corrected chi connectivity index (χ0v) is 40.2. The Labute approximate surface area is 379 Å². The third kappa shape index (κ3) is 7.59. The second-order valence-corrected chi connectivity index (χ2v) is 23.4. The normalized spacial score (nSPS) is 41.6. The summed E-state index contributed by atoms with van der Waals surface area (Å²) >= 11 is 0. The van der Waals surface area contributed by atoms with Crippen molar-refractivity contribution in [3.05, 3.63) is 59.3 Å². The number of hydrogen-bond acceptors (Lipinski definition) is 8. The Hall–Kier alpha value is -3.28. The van der Waals surface area contributed by atoms with Crippen LogP contribution in [0.2, 0.25) is 0 Å². The van der Waals surface area contributed by atoms with E-state index in [2.05, 4.69) is 76.6 Å². The Morgan fingerprint density at radius 3 is 2.35 bits per heavy atom. The molecule has 0 aliphatic heterocycles. The molecule has 5 fully saturated rings. The summed E-state index contributed by atoms with van der Waals surface area (Å²) < 4.78 is 11.8. The van der Waals surface area contributed by atoms with Gasteiger partial charge in [0.1, 0.15) is 29.4 Å². The number of nitrogens with one attached hydrogen (secondary N) is 1. The van der Waals surface area contributed by atoms with Crippen LogP contribution in [-0.2, 0) is 14.3 Å². The standard InChI is InChI=1S/C55H79N3O5/c1-10-62-48(60)53(35-63-47-40(34-56)12-11-32-57-47)24-15-39(16-25-53)42-20-22-50(7)44(49(42,5)6)21-23-52(9)45(50)14-13-43-46-41(36(2)3)19-28-55(46,30-29-51(43,52)8)58-33-31-54(61)26-17-38(18-27-54)37(4)59/h11-12,15,20,32,38,41,43-46,58,61H,2,10,13-14,16-19,21-31,33,35H2,1,3-9H3/t38?,41-,43+,44-,45+,46+,50-,51+,52+,53+,54?,55-/m0/s1. The fourth-order valence-electron chi connectivity index (χ4n) is 16.6. The number of esters is 1. The smallest absolute Gasteiger partial charge is 0.315 e. The van der Waals surface area contributed by atoms with E-state index in [-0.39, 0.29) is 57.4 Å². The molecule has 7 aliphatic carbocycles. The number of Topliss-reactive ketones (excluding diaryl/α,β-unsaturated/α-hetero) is 1. The highest BCUT2D eigenvalue weighted by Crippen LogP contribution is 2.76. The number of carbonyl (C=O) groups is 2. The Morgan fingerprint density at radius 2 is 1.68 bits per heavy atom. The number of pyridine rings is 1. The number of allylic oxidation sites excluding steroid dienone is 5. The minimum absolute atomic E-state index is 0.00841. The lowest BCUT2D eigenvalue weighted by atomic mass is 9.33. The molecule has 0 bridgehead atoms. The maximum Gasteiger partial charge on any atom is 0.315 e. The summed E-state index contributed by atoms with van der Waals surface area (Å²) in [6.45, 7) is 24.9. The first-order chi connectivity index (χ1) is 29.8. The van der Waals surface area contributed by atoms with Crippen LogP contribution in [0.3, 0.4) is 0 Å². The van der Waals surface area contributed by atoms with Crippen molar-refractivity contribution in [2.45, 2.75) is 176 Å². The number of nitriles is 1. The van der Waals surface area contributed by atoms with Crippen molar-refractivity contribution in [2.24, 2.45) is 62.6 Å². The predicted octanol–water partition coefficient (Wildman–Crippen LogP) is 11.4. The molecule has 7 aliphatic rings. The van der Waals surface area contributed by atoms with E-state index in [1.807, 2.05) is 6.92 Å². The van der Waals surface area contributed by atoms with Gasteiger partial charge in [0.2, 0.25) is 5.88 Å². The summed E-state index contributed by atoms with van der Waals surface area (Å²) in [6, 6.07) is 5.58. The molecule has 0 unspecified atom stereocenters. The van der Waals surface area contributed by atoms with E-state index in [4.69, 9.17) is 9.47 Å². The van der Waals surface area contributed by atoms with E-state index in [1.165, 1.54) is 68.1 Å². The van der Waals surface area contributed by atoms with Gasteiger partial charge in [-0.3, -0.25) is 9.59 Å². The number of nitrogens with zero attached hydrogens (tertiary/aromatic N) is 2. The van der Waals surface area contributed by atoms with Crippen LogP contribution >= 0.6 is 0 Å². The minimum atomic E-state index is -0.828. The van der Waals surface area contributed by atoms with Crippen molar-refractivity contribution in [1.82, 2.24) is 10.3 Å². The van der Waals surface area contributed by atoms with Crippen LogP contribution in [0.4, 0.5) is 0 Å². The van der Waals surface area contributed by atoms with Crippen LogP contribution < -0.4 is 10.1 Å². The summed E-state index contributed by atoms with van der Waals surface area (Å²) in [5, 5.41) is 25.5. The maximum absolute atomic E-state index is 13.6. The Kier molecular flexibility index (Phi) is 12.4. The summed E-state index contributed by atoms with van der Waals surface area (Å²) in [7, 11) is 0. The molecule has 1 aromatic heterocycles. The van der Waals surface area contributed by atoms with Gasteiger partial charge in [0.25, 0.3) is 0 Å². The largest absolute Gasteiger partial charge is 0.475 e. The van der Waals surface area contributed by atoms with E-state index in [0.717, 1.165) is 51.5 Å². The molecule has 8 rings (SSSR count). The second kappa shape index (κ2) is 16.9. The third-order valence-corrected chi connectivity index (χ3v) is 20.2. The molecule has 0 saturated heterocycles. The van der Waals surface area contributed by atoms with Crippen LogP contribution in [0.15, 0.2) is 53.8 Å². The van der Waals surface area contributed by atoms with Gasteiger partial charge in [0.15, 0.2) is 0 Å². The number of ether oxygens (including phenoxy) is 2. The molecule has 8 heteroatoms. The number of carbonyl (C=O) groups excluding carboxylic acids is 2. The van der Waals surface area contributed by atoms with Gasteiger partial charge >= 0.3 is 5.97 Å². The average molecular weight is 862 g/mol. The molecule has 0 radical (unpaired) electrons. The highest BCUT2D eigenvalue weighted by molar-refractivity contribution is 5.78. The highest BCUT2D eigenvalue weighted by Gasteiger charge is 2.70. The molecule has 63 heavy (non-hydrogen) atoms. The molecule has 344 valence electrons. The molecular formula is C55H79N3O5. The SMILES string of the molecule is C=C(C)[C@@H]1CC[C@]2(NCCC3(O)CCC(C(C)=O)CC3)CC[C@]3(C)[C@H](CC[C@@H]4[C@@]5(C)CC=C(C6=CC[C@@](COc7ncccc7C#N)(C(=O)OCC)CC6)C(C)(C)[C@@H]5CC[C@]43C)[C@@H]12. The zero-order valence-electron chi connectivity index (χ0n) is 40.2. The number of aromatic nitrogens is 1. The van der Waals surface area contributed by atoms with E-state index in [0.29, 0.717) is 54.6 Å². The summed E-state index contributed by atoms with van der Waals surface area (Å²) in [5.74, 6) is 3.37. The lowest BCUT2D eigenvalue weighted by molar-refractivity contribution is -0.221. The molecule has 2 N–H and O–H groups in total. The van der Waals surface area contributed by atoms with Crippen molar-refractivity contribution in [3.8, 4) is 11.9 Å².